The number of carbonyl (C=O) groups excluding carboxylic acids is 1. The molecular weight excluding hydrogens is 206 g/mol. The van der Waals surface area contributed by atoms with Gasteiger partial charge in [0.1, 0.15) is 5.75 Å². The lowest BCUT2D eigenvalue weighted by Gasteiger charge is -1.98. The highest BCUT2D eigenvalue weighted by molar-refractivity contribution is 5.74. The maximum atomic E-state index is 11.0. The topological polar surface area (TPSA) is 63.0 Å². The van der Waals surface area contributed by atoms with Crippen molar-refractivity contribution in [3.8, 4) is 18.1 Å². The van der Waals surface area contributed by atoms with Crippen molar-refractivity contribution in [2.45, 2.75) is 0 Å². The van der Waals surface area contributed by atoms with E-state index in [2.05, 4.69) is 21.5 Å². The van der Waals surface area contributed by atoms with E-state index >= 15 is 0 Å². The van der Waals surface area contributed by atoms with E-state index in [4.69, 9.17) is 11.2 Å². The second-order valence-electron chi connectivity index (χ2n) is 2.76. The van der Waals surface area contributed by atoms with Crippen LogP contribution in [0.2, 0.25) is 0 Å². The Labute approximate surface area is 93.5 Å². The minimum atomic E-state index is -0.561. The number of carbonyl (C=O) groups is 1. The van der Waals surface area contributed by atoms with E-state index < -0.39 is 6.03 Å². The zero-order valence-electron chi connectivity index (χ0n) is 8.80. The van der Waals surface area contributed by atoms with Crippen LogP contribution in [0, 0.1) is 12.3 Å². The zero-order valence-corrected chi connectivity index (χ0v) is 8.80. The van der Waals surface area contributed by atoms with Crippen LogP contribution in [0.15, 0.2) is 34.5 Å². The molecule has 0 aromatic heterocycles. The minimum absolute atomic E-state index is 0.139. The van der Waals surface area contributed by atoms with Crippen molar-refractivity contribution in [2.75, 3.05) is 13.7 Å². The smallest absolute Gasteiger partial charge is 0.360 e. The summed E-state index contributed by atoms with van der Waals surface area (Å²) in [5.41, 5.74) is 0.566. The molecule has 0 fully saturated rings. The molecular formula is C11H11N3O2. The average Bonchev–Trinajstić information content (AvgIpc) is 2.34. The maximum absolute atomic E-state index is 11.0. The SMILES string of the molecule is C#CCNC(=O)N=Nc1ccc(OC)cc1. The molecule has 16 heavy (non-hydrogen) atoms. The minimum Gasteiger partial charge on any atom is -0.497 e. The van der Waals surface area contributed by atoms with E-state index in [9.17, 15) is 4.79 Å². The molecule has 0 radical (unpaired) electrons. The van der Waals surface area contributed by atoms with Crippen LogP contribution in [-0.4, -0.2) is 19.7 Å². The molecule has 1 rings (SSSR count). The molecule has 2 amide bonds. The van der Waals surface area contributed by atoms with Gasteiger partial charge in [0.25, 0.3) is 0 Å². The van der Waals surface area contributed by atoms with Crippen molar-refractivity contribution < 1.29 is 9.53 Å². The first-order chi connectivity index (χ1) is 7.76. The predicted octanol–water partition coefficient (Wildman–Crippen LogP) is 2.12. The largest absolute Gasteiger partial charge is 0.497 e. The second-order valence-corrected chi connectivity index (χ2v) is 2.76. The fraction of sp³-hybridized carbons (Fsp3) is 0.182. The number of amides is 2. The van der Waals surface area contributed by atoms with Crippen molar-refractivity contribution in [2.24, 2.45) is 10.2 Å². The van der Waals surface area contributed by atoms with Gasteiger partial charge in [0.05, 0.1) is 19.3 Å². The lowest BCUT2D eigenvalue weighted by Crippen LogP contribution is -2.18. The van der Waals surface area contributed by atoms with Gasteiger partial charge in [-0.1, -0.05) is 11.0 Å². The molecule has 0 bridgehead atoms. The van der Waals surface area contributed by atoms with Crippen molar-refractivity contribution in [1.82, 2.24) is 5.32 Å². The van der Waals surface area contributed by atoms with Gasteiger partial charge in [-0.15, -0.1) is 11.5 Å². The lowest BCUT2D eigenvalue weighted by atomic mass is 10.3. The third-order valence-corrected chi connectivity index (χ3v) is 1.67. The Hall–Kier alpha value is -2.35. The number of nitrogens with one attached hydrogen (secondary N) is 1. The van der Waals surface area contributed by atoms with Gasteiger partial charge in [-0.2, -0.15) is 0 Å². The summed E-state index contributed by atoms with van der Waals surface area (Å²) in [7, 11) is 1.57. The number of hydrogen-bond donors (Lipinski definition) is 1. The highest BCUT2D eigenvalue weighted by atomic mass is 16.5. The van der Waals surface area contributed by atoms with Crippen molar-refractivity contribution >= 4 is 11.7 Å². The Morgan fingerprint density at radius 1 is 1.50 bits per heavy atom. The first kappa shape index (κ1) is 11.7. The molecule has 0 saturated carbocycles. The number of terminal acetylenes is 1. The molecule has 5 nitrogen and oxygen atoms in total. The summed E-state index contributed by atoms with van der Waals surface area (Å²) in [6.07, 6.45) is 4.97. The fourth-order valence-corrected chi connectivity index (χ4v) is 0.914. The molecule has 0 aliphatic rings. The molecule has 5 heteroatoms. The van der Waals surface area contributed by atoms with E-state index in [1.54, 1.807) is 31.4 Å². The molecule has 0 atom stereocenters. The van der Waals surface area contributed by atoms with Gasteiger partial charge in [-0.3, -0.25) is 0 Å². The second kappa shape index (κ2) is 6.19. The number of azo groups is 1. The number of ether oxygens (including phenoxy) is 1. The summed E-state index contributed by atoms with van der Waals surface area (Å²) in [4.78, 5) is 11.0. The summed E-state index contributed by atoms with van der Waals surface area (Å²) in [5.74, 6) is 2.98. The van der Waals surface area contributed by atoms with Crippen molar-refractivity contribution in [3.05, 3.63) is 24.3 Å². The molecule has 82 valence electrons. The van der Waals surface area contributed by atoms with Crippen LogP contribution in [0.5, 0.6) is 5.75 Å². The van der Waals surface area contributed by atoms with Crippen LogP contribution >= 0.6 is 0 Å². The maximum Gasteiger partial charge on any atom is 0.360 e. The Kier molecular flexibility index (Phi) is 4.54. The normalized spacial score (nSPS) is 9.75. The van der Waals surface area contributed by atoms with Crippen LogP contribution in [0.3, 0.4) is 0 Å². The number of nitrogens with zero attached hydrogens (tertiary/aromatic N) is 2. The molecule has 0 aliphatic carbocycles. The number of hydrogen-bond acceptors (Lipinski definition) is 3. The lowest BCUT2D eigenvalue weighted by molar-refractivity contribution is 0.249. The molecule has 1 aromatic rings. The van der Waals surface area contributed by atoms with Gasteiger partial charge >= 0.3 is 6.03 Å². The average molecular weight is 217 g/mol. The molecule has 0 aliphatic heterocycles. The standard InChI is InChI=1S/C11H11N3O2/c1-3-8-12-11(15)14-13-9-4-6-10(16-2)7-5-9/h1,4-7H,8H2,2H3,(H,12,15). The van der Waals surface area contributed by atoms with Gasteiger partial charge in [0, 0.05) is 0 Å². The van der Waals surface area contributed by atoms with Crippen LogP contribution < -0.4 is 10.1 Å². The summed E-state index contributed by atoms with van der Waals surface area (Å²) >= 11 is 0. The van der Waals surface area contributed by atoms with Gasteiger partial charge in [0.15, 0.2) is 0 Å². The van der Waals surface area contributed by atoms with E-state index in [0.717, 1.165) is 5.75 Å². The predicted molar refractivity (Wildman–Crippen MR) is 59.7 cm³/mol. The highest BCUT2D eigenvalue weighted by Crippen LogP contribution is 2.17. The molecule has 0 heterocycles. The zero-order chi connectivity index (χ0) is 11.8. The monoisotopic (exact) mass is 217 g/mol. The van der Waals surface area contributed by atoms with E-state index in [1.807, 2.05) is 0 Å². The van der Waals surface area contributed by atoms with Crippen LogP contribution in [0.25, 0.3) is 0 Å². The number of benzene rings is 1. The van der Waals surface area contributed by atoms with Gasteiger partial charge in [-0.05, 0) is 24.3 Å². The fourth-order valence-electron chi connectivity index (χ4n) is 0.914. The van der Waals surface area contributed by atoms with Crippen LogP contribution in [-0.2, 0) is 0 Å². The van der Waals surface area contributed by atoms with Gasteiger partial charge < -0.3 is 10.1 Å². The summed E-state index contributed by atoms with van der Waals surface area (Å²) in [5, 5.41) is 9.51. The van der Waals surface area contributed by atoms with E-state index in [1.165, 1.54) is 0 Å². The molecule has 0 unspecified atom stereocenters. The quantitative estimate of drug-likeness (QED) is 0.622. The van der Waals surface area contributed by atoms with E-state index in [-0.39, 0.29) is 6.54 Å². The van der Waals surface area contributed by atoms with Crippen molar-refractivity contribution in [1.29, 1.82) is 0 Å². The van der Waals surface area contributed by atoms with Gasteiger partial charge in [-0.25, -0.2) is 4.79 Å². The van der Waals surface area contributed by atoms with Crippen molar-refractivity contribution in [3.63, 3.8) is 0 Å². The van der Waals surface area contributed by atoms with Crippen LogP contribution in [0.1, 0.15) is 0 Å². The van der Waals surface area contributed by atoms with Gasteiger partial charge in [0.2, 0.25) is 0 Å². The summed E-state index contributed by atoms with van der Waals surface area (Å²) in [6, 6.07) is 6.28. The first-order valence-electron chi connectivity index (χ1n) is 4.53. The number of methoxy groups -OCH3 is 1. The summed E-state index contributed by atoms with van der Waals surface area (Å²) in [6.45, 7) is 0.139. The number of urea groups is 1. The Morgan fingerprint density at radius 3 is 2.75 bits per heavy atom. The number of rotatable bonds is 3. The molecule has 1 aromatic carbocycles. The Balaban J connectivity index is 2.56. The first-order valence-corrected chi connectivity index (χ1v) is 4.53. The molecule has 0 spiro atoms. The summed E-state index contributed by atoms with van der Waals surface area (Å²) < 4.78 is 4.97. The molecule has 0 saturated heterocycles. The third kappa shape index (κ3) is 3.80. The third-order valence-electron chi connectivity index (χ3n) is 1.67. The van der Waals surface area contributed by atoms with Crippen LogP contribution in [0.4, 0.5) is 10.5 Å². The highest BCUT2D eigenvalue weighted by Gasteiger charge is 1.95. The Bertz CT molecular complexity index is 418. The van der Waals surface area contributed by atoms with E-state index in [0.29, 0.717) is 5.69 Å². The Morgan fingerprint density at radius 2 is 2.19 bits per heavy atom. The molecule has 1 N–H and O–H groups in total.